The molecule has 18 heavy (non-hydrogen) atoms. The predicted molar refractivity (Wildman–Crippen MR) is 77.0 cm³/mol. The summed E-state index contributed by atoms with van der Waals surface area (Å²) < 4.78 is 3.02. The lowest BCUT2D eigenvalue weighted by Gasteiger charge is -2.19. The van der Waals surface area contributed by atoms with Gasteiger partial charge in [-0.15, -0.1) is 10.2 Å². The molecule has 2 aromatic rings. The van der Waals surface area contributed by atoms with Crippen LogP contribution in [0.5, 0.6) is 0 Å². The fourth-order valence-corrected chi connectivity index (χ4v) is 2.19. The van der Waals surface area contributed by atoms with Gasteiger partial charge in [-0.3, -0.25) is 4.57 Å². The molecular formula is C13H15BrClN3. The summed E-state index contributed by atoms with van der Waals surface area (Å²) in [5, 5.41) is 8.57. The molecule has 0 amide bonds. The summed E-state index contributed by atoms with van der Waals surface area (Å²) in [5.41, 5.74) is 1.10. The Balaban J connectivity index is 2.34. The first kappa shape index (κ1) is 13.6. The van der Waals surface area contributed by atoms with Gasteiger partial charge in [-0.1, -0.05) is 48.8 Å². The van der Waals surface area contributed by atoms with Gasteiger partial charge in [0.2, 0.25) is 5.28 Å². The second-order valence-corrected chi connectivity index (χ2v) is 6.51. The van der Waals surface area contributed by atoms with E-state index in [1.807, 2.05) is 16.7 Å². The second kappa shape index (κ2) is 5.02. The number of nitrogens with zero attached hydrogens (tertiary/aromatic N) is 3. The molecule has 0 saturated carbocycles. The van der Waals surface area contributed by atoms with Gasteiger partial charge in [0.25, 0.3) is 0 Å². The van der Waals surface area contributed by atoms with E-state index in [1.54, 1.807) is 0 Å². The van der Waals surface area contributed by atoms with Crippen LogP contribution in [-0.4, -0.2) is 14.8 Å². The van der Waals surface area contributed by atoms with Crippen molar-refractivity contribution < 1.29 is 0 Å². The maximum atomic E-state index is 6.11. The number of halogens is 2. The van der Waals surface area contributed by atoms with Crippen LogP contribution in [0.4, 0.5) is 0 Å². The highest BCUT2D eigenvalue weighted by Crippen LogP contribution is 2.24. The van der Waals surface area contributed by atoms with Crippen molar-refractivity contribution in [3.05, 3.63) is 45.4 Å². The number of benzene rings is 1. The normalized spacial score (nSPS) is 11.8. The summed E-state index contributed by atoms with van der Waals surface area (Å²) >= 11 is 9.54. The van der Waals surface area contributed by atoms with Crippen molar-refractivity contribution >= 4 is 27.5 Å². The largest absolute Gasteiger partial charge is 0.297 e. The fraction of sp³-hybridized carbons (Fsp3) is 0.385. The van der Waals surface area contributed by atoms with E-state index in [1.165, 1.54) is 5.56 Å². The highest BCUT2D eigenvalue weighted by atomic mass is 79.9. The molecule has 0 aliphatic heterocycles. The minimum Gasteiger partial charge on any atom is -0.297 e. The van der Waals surface area contributed by atoms with Gasteiger partial charge in [0, 0.05) is 9.89 Å². The molecule has 1 aromatic heterocycles. The highest BCUT2D eigenvalue weighted by Gasteiger charge is 2.23. The molecule has 5 heteroatoms. The monoisotopic (exact) mass is 327 g/mol. The molecule has 0 aliphatic carbocycles. The zero-order chi connectivity index (χ0) is 13.3. The molecule has 0 bridgehead atoms. The first-order valence-electron chi connectivity index (χ1n) is 5.71. The van der Waals surface area contributed by atoms with Gasteiger partial charge in [-0.2, -0.15) is 0 Å². The molecule has 0 radical (unpaired) electrons. The Labute approximate surface area is 120 Å². The zero-order valence-corrected chi connectivity index (χ0v) is 13.0. The lowest BCUT2D eigenvalue weighted by molar-refractivity contribution is 0.510. The molecule has 0 aliphatic rings. The number of hydrogen-bond acceptors (Lipinski definition) is 2. The van der Waals surface area contributed by atoms with Gasteiger partial charge in [0.05, 0.1) is 6.54 Å². The van der Waals surface area contributed by atoms with E-state index in [0.29, 0.717) is 11.8 Å². The topological polar surface area (TPSA) is 30.7 Å². The fourth-order valence-electron chi connectivity index (χ4n) is 1.75. The van der Waals surface area contributed by atoms with Crippen molar-refractivity contribution in [2.75, 3.05) is 0 Å². The maximum absolute atomic E-state index is 6.11. The number of rotatable bonds is 2. The van der Waals surface area contributed by atoms with E-state index in [9.17, 15) is 0 Å². The van der Waals surface area contributed by atoms with Crippen LogP contribution in [0.3, 0.4) is 0 Å². The third-order valence-corrected chi connectivity index (χ3v) is 3.44. The first-order valence-corrected chi connectivity index (χ1v) is 6.88. The molecule has 1 aromatic carbocycles. The van der Waals surface area contributed by atoms with E-state index < -0.39 is 0 Å². The molecule has 3 nitrogen and oxygen atoms in total. The van der Waals surface area contributed by atoms with Crippen LogP contribution < -0.4 is 0 Å². The molecule has 0 atom stereocenters. The second-order valence-electron chi connectivity index (χ2n) is 5.26. The molecule has 0 fully saturated rings. The van der Waals surface area contributed by atoms with Crippen LogP contribution in [0.25, 0.3) is 0 Å². The average Bonchev–Trinajstić information content (AvgIpc) is 2.63. The van der Waals surface area contributed by atoms with Crippen molar-refractivity contribution in [2.24, 2.45) is 0 Å². The van der Waals surface area contributed by atoms with E-state index in [-0.39, 0.29) is 5.41 Å². The molecule has 2 rings (SSSR count). The van der Waals surface area contributed by atoms with Gasteiger partial charge in [-0.25, -0.2) is 0 Å². The summed E-state index contributed by atoms with van der Waals surface area (Å²) in [6.07, 6.45) is 0. The molecule has 0 unspecified atom stereocenters. The van der Waals surface area contributed by atoms with Gasteiger partial charge in [0.1, 0.15) is 5.82 Å². The van der Waals surface area contributed by atoms with E-state index in [2.05, 4.69) is 59.0 Å². The standard InChI is InChI=1S/C13H15BrClN3/c1-13(2,3)11-16-17-12(15)18(11)8-9-4-6-10(14)7-5-9/h4-7H,8H2,1-3H3. The minimum atomic E-state index is -0.0739. The Morgan fingerprint density at radius 1 is 1.17 bits per heavy atom. The number of aromatic nitrogens is 3. The highest BCUT2D eigenvalue weighted by molar-refractivity contribution is 9.10. The minimum absolute atomic E-state index is 0.0739. The van der Waals surface area contributed by atoms with Gasteiger partial charge >= 0.3 is 0 Å². The lowest BCUT2D eigenvalue weighted by atomic mass is 9.95. The van der Waals surface area contributed by atoms with E-state index in [4.69, 9.17) is 11.6 Å². The predicted octanol–water partition coefficient (Wildman–Crippen LogP) is 4.04. The lowest BCUT2D eigenvalue weighted by Crippen LogP contribution is -2.19. The third-order valence-electron chi connectivity index (χ3n) is 2.63. The Bertz CT molecular complexity index is 540. The van der Waals surface area contributed by atoms with Crippen LogP contribution >= 0.6 is 27.5 Å². The molecular weight excluding hydrogens is 314 g/mol. The van der Waals surface area contributed by atoms with Crippen molar-refractivity contribution in [1.29, 1.82) is 0 Å². The van der Waals surface area contributed by atoms with Crippen molar-refractivity contribution in [3.63, 3.8) is 0 Å². The summed E-state index contributed by atoms with van der Waals surface area (Å²) in [5.74, 6) is 0.899. The molecule has 0 N–H and O–H groups in total. The van der Waals surface area contributed by atoms with Crippen molar-refractivity contribution in [1.82, 2.24) is 14.8 Å². The van der Waals surface area contributed by atoms with Crippen LogP contribution in [0.1, 0.15) is 32.2 Å². The van der Waals surface area contributed by atoms with Crippen LogP contribution in [0.2, 0.25) is 5.28 Å². The van der Waals surface area contributed by atoms with Gasteiger partial charge in [0.15, 0.2) is 0 Å². The van der Waals surface area contributed by atoms with Crippen LogP contribution in [0.15, 0.2) is 28.7 Å². The Morgan fingerprint density at radius 3 is 2.33 bits per heavy atom. The SMILES string of the molecule is CC(C)(C)c1nnc(Cl)n1Cc1ccc(Br)cc1. The van der Waals surface area contributed by atoms with Gasteiger partial charge < -0.3 is 0 Å². The Kier molecular flexibility index (Phi) is 3.78. The smallest absolute Gasteiger partial charge is 0.225 e. The summed E-state index contributed by atoms with van der Waals surface area (Å²) in [4.78, 5) is 0. The van der Waals surface area contributed by atoms with E-state index in [0.717, 1.165) is 10.3 Å². The third kappa shape index (κ3) is 2.93. The zero-order valence-electron chi connectivity index (χ0n) is 10.6. The molecule has 0 spiro atoms. The van der Waals surface area contributed by atoms with E-state index >= 15 is 0 Å². The Hall–Kier alpha value is -0.870. The molecule has 96 valence electrons. The summed E-state index contributed by atoms with van der Waals surface area (Å²) in [6, 6.07) is 8.16. The number of hydrogen-bond donors (Lipinski definition) is 0. The van der Waals surface area contributed by atoms with Gasteiger partial charge in [-0.05, 0) is 29.3 Å². The molecule has 1 heterocycles. The summed E-state index contributed by atoms with van der Waals surface area (Å²) in [6.45, 7) is 6.99. The van der Waals surface area contributed by atoms with Crippen LogP contribution in [0, 0.1) is 0 Å². The average molecular weight is 329 g/mol. The maximum Gasteiger partial charge on any atom is 0.225 e. The Morgan fingerprint density at radius 2 is 1.78 bits per heavy atom. The van der Waals surface area contributed by atoms with Crippen molar-refractivity contribution in [2.45, 2.75) is 32.7 Å². The van der Waals surface area contributed by atoms with Crippen molar-refractivity contribution in [3.8, 4) is 0 Å². The molecule has 0 saturated heterocycles. The van der Waals surface area contributed by atoms with Crippen LogP contribution in [-0.2, 0) is 12.0 Å². The summed E-state index contributed by atoms with van der Waals surface area (Å²) in [7, 11) is 0. The first-order chi connectivity index (χ1) is 8.38. The quantitative estimate of drug-likeness (QED) is 0.833.